The molecule has 2 nitrogen and oxygen atoms in total. The van der Waals surface area contributed by atoms with Crippen LogP contribution in [0.5, 0.6) is 0 Å². The lowest BCUT2D eigenvalue weighted by Crippen LogP contribution is -2.43. The molecule has 1 saturated carbocycles. The van der Waals surface area contributed by atoms with Crippen molar-refractivity contribution in [2.75, 3.05) is 16.4 Å². The Kier molecular flexibility index (Phi) is 3.42. The van der Waals surface area contributed by atoms with Gasteiger partial charge in [-0.3, -0.25) is 0 Å². The average Bonchev–Trinajstić information content (AvgIpc) is 2.73. The highest BCUT2D eigenvalue weighted by atomic mass is 32.2. The summed E-state index contributed by atoms with van der Waals surface area (Å²) in [5.74, 6) is 1.21. The fraction of sp³-hybridized carbons (Fsp3) is 0.600. The van der Waals surface area contributed by atoms with Crippen molar-refractivity contribution in [1.29, 1.82) is 0 Å². The van der Waals surface area contributed by atoms with Crippen molar-refractivity contribution in [2.45, 2.75) is 56.0 Å². The van der Waals surface area contributed by atoms with Gasteiger partial charge in [-0.15, -0.1) is 11.8 Å². The summed E-state index contributed by atoms with van der Waals surface area (Å²) >= 11 is 1.95. The molecule has 0 radical (unpaired) electrons. The van der Waals surface area contributed by atoms with Gasteiger partial charge in [0, 0.05) is 4.90 Å². The standard InChI is InChI=1S/C15H22N2S/c1-2-10-18-12-6-7-13-14(11-12)17-15(16-13)8-4-3-5-9-15/h6-7,11,16-17H,2-5,8-10H2,1H3. The van der Waals surface area contributed by atoms with Crippen LogP contribution in [0.1, 0.15) is 45.4 Å². The van der Waals surface area contributed by atoms with E-state index >= 15 is 0 Å². The number of hydrogen-bond acceptors (Lipinski definition) is 3. The lowest BCUT2D eigenvalue weighted by atomic mass is 9.89. The topological polar surface area (TPSA) is 24.1 Å². The molecule has 0 bridgehead atoms. The number of fused-ring (bicyclic) bond motifs is 1. The summed E-state index contributed by atoms with van der Waals surface area (Å²) in [4.78, 5) is 1.39. The molecule has 2 aliphatic rings. The van der Waals surface area contributed by atoms with Crippen LogP contribution >= 0.6 is 11.8 Å². The van der Waals surface area contributed by atoms with Gasteiger partial charge in [0.05, 0.1) is 11.4 Å². The SMILES string of the molecule is CCCSc1ccc2c(c1)NC1(CCCCC1)N2. The Labute approximate surface area is 114 Å². The summed E-state index contributed by atoms with van der Waals surface area (Å²) in [5.41, 5.74) is 2.75. The Morgan fingerprint density at radius 2 is 1.89 bits per heavy atom. The molecular formula is C15H22N2S. The van der Waals surface area contributed by atoms with Crippen molar-refractivity contribution < 1.29 is 0 Å². The minimum Gasteiger partial charge on any atom is -0.361 e. The summed E-state index contributed by atoms with van der Waals surface area (Å²) in [5, 5.41) is 7.45. The average molecular weight is 262 g/mol. The molecule has 1 aliphatic heterocycles. The highest BCUT2D eigenvalue weighted by Crippen LogP contribution is 2.42. The third kappa shape index (κ3) is 2.33. The number of hydrogen-bond donors (Lipinski definition) is 2. The van der Waals surface area contributed by atoms with Gasteiger partial charge < -0.3 is 10.6 Å². The predicted octanol–water partition coefficient (Wildman–Crippen LogP) is 4.69. The van der Waals surface area contributed by atoms with Crippen LogP contribution in [0, 0.1) is 0 Å². The lowest BCUT2D eigenvalue weighted by Gasteiger charge is -2.34. The van der Waals surface area contributed by atoms with Gasteiger partial charge in [0.2, 0.25) is 0 Å². The minimum atomic E-state index is 0.161. The van der Waals surface area contributed by atoms with Crippen molar-refractivity contribution in [2.24, 2.45) is 0 Å². The van der Waals surface area contributed by atoms with Crippen molar-refractivity contribution in [1.82, 2.24) is 0 Å². The van der Waals surface area contributed by atoms with E-state index in [0.717, 1.165) is 0 Å². The minimum absolute atomic E-state index is 0.161. The molecule has 1 heterocycles. The molecule has 3 rings (SSSR count). The van der Waals surface area contributed by atoms with Crippen LogP contribution in [-0.4, -0.2) is 11.4 Å². The van der Waals surface area contributed by atoms with Crippen LogP contribution in [0.2, 0.25) is 0 Å². The second-order valence-corrected chi connectivity index (χ2v) is 6.62. The van der Waals surface area contributed by atoms with Gasteiger partial charge >= 0.3 is 0 Å². The van der Waals surface area contributed by atoms with E-state index in [-0.39, 0.29) is 5.66 Å². The van der Waals surface area contributed by atoms with Crippen molar-refractivity contribution in [3.63, 3.8) is 0 Å². The molecule has 0 amide bonds. The van der Waals surface area contributed by atoms with Crippen LogP contribution < -0.4 is 10.6 Å². The van der Waals surface area contributed by atoms with Gasteiger partial charge in [-0.2, -0.15) is 0 Å². The molecule has 2 N–H and O–H groups in total. The molecular weight excluding hydrogens is 240 g/mol. The van der Waals surface area contributed by atoms with E-state index in [1.807, 2.05) is 11.8 Å². The van der Waals surface area contributed by atoms with E-state index in [1.165, 1.54) is 60.5 Å². The van der Waals surface area contributed by atoms with Crippen LogP contribution in [0.4, 0.5) is 11.4 Å². The monoisotopic (exact) mass is 262 g/mol. The predicted molar refractivity (Wildman–Crippen MR) is 80.5 cm³/mol. The summed E-state index contributed by atoms with van der Waals surface area (Å²) in [6.07, 6.45) is 7.80. The first-order valence-electron chi connectivity index (χ1n) is 7.15. The maximum atomic E-state index is 3.74. The van der Waals surface area contributed by atoms with E-state index in [9.17, 15) is 0 Å². The van der Waals surface area contributed by atoms with Gasteiger partial charge in [0.1, 0.15) is 5.66 Å². The molecule has 0 unspecified atom stereocenters. The van der Waals surface area contributed by atoms with Crippen LogP contribution in [0.3, 0.4) is 0 Å². The summed E-state index contributed by atoms with van der Waals surface area (Å²) < 4.78 is 0. The zero-order valence-corrected chi connectivity index (χ0v) is 11.9. The van der Waals surface area contributed by atoms with Gasteiger partial charge in [-0.1, -0.05) is 13.3 Å². The molecule has 0 aromatic heterocycles. The highest BCUT2D eigenvalue weighted by Gasteiger charge is 2.36. The first kappa shape index (κ1) is 12.2. The Hall–Kier alpha value is -0.830. The lowest BCUT2D eigenvalue weighted by molar-refractivity contribution is 0.367. The second-order valence-electron chi connectivity index (χ2n) is 5.45. The third-order valence-electron chi connectivity index (χ3n) is 3.92. The van der Waals surface area contributed by atoms with Gasteiger partial charge in [0.25, 0.3) is 0 Å². The smallest absolute Gasteiger partial charge is 0.108 e. The van der Waals surface area contributed by atoms with Crippen LogP contribution in [0.25, 0.3) is 0 Å². The Morgan fingerprint density at radius 3 is 2.67 bits per heavy atom. The van der Waals surface area contributed by atoms with Gasteiger partial charge in [-0.25, -0.2) is 0 Å². The first-order chi connectivity index (χ1) is 8.81. The van der Waals surface area contributed by atoms with Crippen LogP contribution in [0.15, 0.2) is 23.1 Å². The van der Waals surface area contributed by atoms with E-state index < -0.39 is 0 Å². The summed E-state index contributed by atoms with van der Waals surface area (Å²) in [6.45, 7) is 2.23. The molecule has 3 heteroatoms. The Balaban J connectivity index is 1.76. The second kappa shape index (κ2) is 5.04. The van der Waals surface area contributed by atoms with Crippen molar-refractivity contribution in [3.8, 4) is 0 Å². The zero-order valence-electron chi connectivity index (χ0n) is 11.1. The molecule has 0 atom stereocenters. The third-order valence-corrected chi connectivity index (χ3v) is 5.12. The summed E-state index contributed by atoms with van der Waals surface area (Å²) in [7, 11) is 0. The number of thioether (sulfide) groups is 1. The first-order valence-corrected chi connectivity index (χ1v) is 8.13. The largest absolute Gasteiger partial charge is 0.361 e. The molecule has 1 aromatic rings. The quantitative estimate of drug-likeness (QED) is 0.773. The molecule has 0 saturated heterocycles. The molecule has 1 spiro atoms. The Morgan fingerprint density at radius 1 is 1.11 bits per heavy atom. The van der Waals surface area contributed by atoms with Crippen molar-refractivity contribution in [3.05, 3.63) is 18.2 Å². The number of anilines is 2. The molecule has 18 heavy (non-hydrogen) atoms. The highest BCUT2D eigenvalue weighted by molar-refractivity contribution is 7.99. The van der Waals surface area contributed by atoms with E-state index in [2.05, 4.69) is 35.8 Å². The molecule has 1 aliphatic carbocycles. The summed E-state index contributed by atoms with van der Waals surface area (Å²) in [6, 6.07) is 6.80. The maximum Gasteiger partial charge on any atom is 0.108 e. The van der Waals surface area contributed by atoms with Gasteiger partial charge in [0.15, 0.2) is 0 Å². The van der Waals surface area contributed by atoms with Crippen molar-refractivity contribution >= 4 is 23.1 Å². The fourth-order valence-electron chi connectivity index (χ4n) is 3.00. The van der Waals surface area contributed by atoms with E-state index in [0.29, 0.717) is 0 Å². The van der Waals surface area contributed by atoms with E-state index in [4.69, 9.17) is 0 Å². The normalized spacial score (nSPS) is 20.3. The molecule has 1 aromatic carbocycles. The molecule has 98 valence electrons. The number of benzene rings is 1. The van der Waals surface area contributed by atoms with Gasteiger partial charge in [-0.05, 0) is 56.1 Å². The van der Waals surface area contributed by atoms with Crippen LogP contribution in [-0.2, 0) is 0 Å². The Bertz CT molecular complexity index is 425. The molecule has 1 fully saturated rings. The maximum absolute atomic E-state index is 3.74. The van der Waals surface area contributed by atoms with E-state index in [1.54, 1.807) is 0 Å². The zero-order chi connectivity index (χ0) is 12.4. The number of nitrogens with one attached hydrogen (secondary N) is 2. The fourth-order valence-corrected chi connectivity index (χ4v) is 3.80. The number of rotatable bonds is 3.